The third kappa shape index (κ3) is 4.93. The molecule has 0 spiro atoms. The highest BCUT2D eigenvalue weighted by atomic mass is 16.5. The average Bonchev–Trinajstić information content (AvgIpc) is 3.74. The van der Waals surface area contributed by atoms with Crippen LogP contribution in [-0.2, 0) is 4.79 Å². The molecular formula is C31H31NO3. The number of fused-ring (bicyclic) bond motifs is 1. The number of para-hydroxylation sites is 1. The molecule has 3 aromatic carbocycles. The molecule has 1 aliphatic carbocycles. The highest BCUT2D eigenvalue weighted by Gasteiger charge is 2.37. The molecule has 0 unspecified atom stereocenters. The number of ether oxygens (including phenoxy) is 1. The van der Waals surface area contributed by atoms with Crippen LogP contribution in [-0.4, -0.2) is 24.8 Å². The van der Waals surface area contributed by atoms with Crippen molar-refractivity contribution in [2.24, 2.45) is 5.92 Å². The van der Waals surface area contributed by atoms with E-state index in [0.717, 1.165) is 41.6 Å². The van der Waals surface area contributed by atoms with Gasteiger partial charge in [0, 0.05) is 35.5 Å². The summed E-state index contributed by atoms with van der Waals surface area (Å²) >= 11 is 0. The first-order chi connectivity index (χ1) is 17.0. The molecule has 178 valence electrons. The van der Waals surface area contributed by atoms with Crippen LogP contribution in [0.3, 0.4) is 0 Å². The number of nitrogens with zero attached hydrogens (tertiary/aromatic N) is 1. The van der Waals surface area contributed by atoms with Crippen LogP contribution >= 0.6 is 0 Å². The van der Waals surface area contributed by atoms with Gasteiger partial charge in [-0.15, -0.1) is 0 Å². The minimum Gasteiger partial charge on any atom is -0.497 e. The Hall–Kier alpha value is -3.66. The molecule has 5 rings (SSSR count). The number of rotatable bonds is 7. The third-order valence-corrected chi connectivity index (χ3v) is 7.14. The highest BCUT2D eigenvalue weighted by Crippen LogP contribution is 2.45. The molecule has 2 atom stereocenters. The summed E-state index contributed by atoms with van der Waals surface area (Å²) in [6, 6.07) is 25.7. The molecule has 4 nitrogen and oxygen atoms in total. The number of carbonyl (C=O) groups is 2. The molecule has 3 aromatic rings. The maximum atomic E-state index is 13.7. The number of hydrogen-bond acceptors (Lipinski definition) is 3. The van der Waals surface area contributed by atoms with Gasteiger partial charge in [-0.1, -0.05) is 66.2 Å². The van der Waals surface area contributed by atoms with Gasteiger partial charge < -0.3 is 9.64 Å². The monoisotopic (exact) mass is 465 g/mol. The van der Waals surface area contributed by atoms with E-state index in [4.69, 9.17) is 4.74 Å². The Balaban J connectivity index is 1.54. The molecule has 0 saturated heterocycles. The van der Waals surface area contributed by atoms with Crippen molar-refractivity contribution >= 4 is 23.5 Å². The molecule has 2 aliphatic rings. The Labute approximate surface area is 207 Å². The van der Waals surface area contributed by atoms with E-state index in [1.165, 1.54) is 0 Å². The van der Waals surface area contributed by atoms with E-state index in [9.17, 15) is 9.59 Å². The fourth-order valence-corrected chi connectivity index (χ4v) is 5.16. The Bertz CT molecular complexity index is 1260. The number of amides is 1. The number of allylic oxidation sites excluding steroid dienone is 1. The molecular weight excluding hydrogens is 434 g/mol. The van der Waals surface area contributed by atoms with E-state index >= 15 is 0 Å². The Morgan fingerprint density at radius 1 is 0.971 bits per heavy atom. The second-order valence-electron chi connectivity index (χ2n) is 9.65. The number of Topliss-reactive ketones (excluding diaryl/α,β-unsaturated/α-hetero) is 1. The summed E-state index contributed by atoms with van der Waals surface area (Å²) in [4.78, 5) is 28.5. The minimum atomic E-state index is -0.0371. The van der Waals surface area contributed by atoms with Gasteiger partial charge in [0.25, 0.3) is 5.91 Å². The first kappa shape index (κ1) is 23.1. The van der Waals surface area contributed by atoms with E-state index in [2.05, 4.69) is 31.2 Å². The van der Waals surface area contributed by atoms with Crippen LogP contribution in [0.4, 0.5) is 5.69 Å². The van der Waals surface area contributed by atoms with Gasteiger partial charge >= 0.3 is 0 Å². The number of anilines is 1. The maximum absolute atomic E-state index is 13.7. The molecule has 4 heteroatoms. The standard InChI is InChI=1S/C31H31NO3/c1-21-17-28(25(20-30(33)23-15-16-23)18-22-9-4-3-5-10-22)27-13-6-7-14-29(27)32(21)31(34)24-11-8-12-26(19-24)35-2/h3-14,18-19,21,23,28H,15-17,20H2,1-2H3/b25-18-/t21-,28-/m1/s1. The molecule has 0 aromatic heterocycles. The van der Waals surface area contributed by atoms with Crippen LogP contribution in [0, 0.1) is 5.92 Å². The van der Waals surface area contributed by atoms with E-state index in [1.54, 1.807) is 13.2 Å². The fourth-order valence-electron chi connectivity index (χ4n) is 5.16. The molecule has 1 fully saturated rings. The third-order valence-electron chi connectivity index (χ3n) is 7.14. The van der Waals surface area contributed by atoms with Gasteiger partial charge in [0.05, 0.1) is 7.11 Å². The van der Waals surface area contributed by atoms with Crippen molar-refractivity contribution in [3.05, 3.63) is 101 Å². The number of hydrogen-bond donors (Lipinski definition) is 0. The molecule has 35 heavy (non-hydrogen) atoms. The van der Waals surface area contributed by atoms with Crippen molar-refractivity contribution in [1.29, 1.82) is 0 Å². The van der Waals surface area contributed by atoms with Gasteiger partial charge in [-0.2, -0.15) is 0 Å². The zero-order valence-corrected chi connectivity index (χ0v) is 20.3. The van der Waals surface area contributed by atoms with Gasteiger partial charge in [0.2, 0.25) is 0 Å². The molecule has 1 heterocycles. The Morgan fingerprint density at radius 2 is 1.71 bits per heavy atom. The van der Waals surface area contributed by atoms with E-state index in [0.29, 0.717) is 23.5 Å². The quantitative estimate of drug-likeness (QED) is 0.391. The van der Waals surface area contributed by atoms with Crippen LogP contribution in [0.2, 0.25) is 0 Å². The molecule has 1 amide bonds. The zero-order chi connectivity index (χ0) is 24.4. The average molecular weight is 466 g/mol. The van der Waals surface area contributed by atoms with Crippen LogP contribution in [0.1, 0.15) is 60.0 Å². The van der Waals surface area contributed by atoms with Crippen LogP contribution in [0.25, 0.3) is 6.08 Å². The van der Waals surface area contributed by atoms with Crippen LogP contribution in [0.15, 0.2) is 84.4 Å². The second kappa shape index (κ2) is 9.91. The lowest BCUT2D eigenvalue weighted by Crippen LogP contribution is -2.43. The minimum absolute atomic E-state index is 0.0243. The maximum Gasteiger partial charge on any atom is 0.258 e. The van der Waals surface area contributed by atoms with Crippen molar-refractivity contribution < 1.29 is 14.3 Å². The topological polar surface area (TPSA) is 46.6 Å². The van der Waals surface area contributed by atoms with Gasteiger partial charge in [-0.05, 0) is 61.6 Å². The first-order valence-electron chi connectivity index (χ1n) is 12.4. The summed E-state index contributed by atoms with van der Waals surface area (Å²) in [5.41, 5.74) is 4.87. The van der Waals surface area contributed by atoms with Crippen molar-refractivity contribution in [2.45, 2.75) is 44.6 Å². The molecule has 0 radical (unpaired) electrons. The SMILES string of the molecule is COc1cccc(C(=O)N2c3ccccc3[C@@H](/C(=C\c3ccccc3)CC(=O)C3CC3)C[C@H]2C)c1. The first-order valence-corrected chi connectivity index (χ1v) is 12.4. The highest BCUT2D eigenvalue weighted by molar-refractivity contribution is 6.07. The van der Waals surface area contributed by atoms with Crippen molar-refractivity contribution in [2.75, 3.05) is 12.0 Å². The van der Waals surface area contributed by atoms with Crippen LogP contribution < -0.4 is 9.64 Å². The number of ketones is 1. The normalized spacial score (nSPS) is 19.7. The van der Waals surface area contributed by atoms with E-state index in [-0.39, 0.29) is 23.8 Å². The van der Waals surface area contributed by atoms with Crippen molar-refractivity contribution in [1.82, 2.24) is 0 Å². The van der Waals surface area contributed by atoms with Crippen molar-refractivity contribution in [3.8, 4) is 5.75 Å². The number of methoxy groups -OCH3 is 1. The van der Waals surface area contributed by atoms with Gasteiger partial charge in [-0.25, -0.2) is 0 Å². The molecule has 1 aliphatic heterocycles. The predicted octanol–water partition coefficient (Wildman–Crippen LogP) is 6.67. The Morgan fingerprint density at radius 3 is 2.46 bits per heavy atom. The van der Waals surface area contributed by atoms with E-state index < -0.39 is 0 Å². The molecule has 0 bridgehead atoms. The lowest BCUT2D eigenvalue weighted by molar-refractivity contribution is -0.119. The Kier molecular flexibility index (Phi) is 6.54. The lowest BCUT2D eigenvalue weighted by Gasteiger charge is -2.40. The van der Waals surface area contributed by atoms with Gasteiger partial charge in [-0.3, -0.25) is 9.59 Å². The summed E-state index contributed by atoms with van der Waals surface area (Å²) in [5.74, 6) is 1.27. The second-order valence-corrected chi connectivity index (χ2v) is 9.65. The molecule has 0 N–H and O–H groups in total. The summed E-state index contributed by atoms with van der Waals surface area (Å²) in [5, 5.41) is 0. The summed E-state index contributed by atoms with van der Waals surface area (Å²) in [6.07, 6.45) is 5.45. The number of benzene rings is 3. The predicted molar refractivity (Wildman–Crippen MR) is 140 cm³/mol. The largest absolute Gasteiger partial charge is 0.497 e. The van der Waals surface area contributed by atoms with Gasteiger partial charge in [0.1, 0.15) is 11.5 Å². The van der Waals surface area contributed by atoms with Gasteiger partial charge in [0.15, 0.2) is 0 Å². The fraction of sp³-hybridized carbons (Fsp3) is 0.290. The summed E-state index contributed by atoms with van der Waals surface area (Å²) in [6.45, 7) is 2.10. The molecule has 1 saturated carbocycles. The summed E-state index contributed by atoms with van der Waals surface area (Å²) in [7, 11) is 1.61. The summed E-state index contributed by atoms with van der Waals surface area (Å²) < 4.78 is 5.34. The number of carbonyl (C=O) groups excluding carboxylic acids is 2. The van der Waals surface area contributed by atoms with E-state index in [1.807, 2.05) is 59.5 Å². The van der Waals surface area contributed by atoms with Crippen LogP contribution in [0.5, 0.6) is 5.75 Å². The zero-order valence-electron chi connectivity index (χ0n) is 20.3. The smallest absolute Gasteiger partial charge is 0.258 e. The van der Waals surface area contributed by atoms with Crippen molar-refractivity contribution in [3.63, 3.8) is 0 Å². The lowest BCUT2D eigenvalue weighted by atomic mass is 9.78.